The summed E-state index contributed by atoms with van der Waals surface area (Å²) in [7, 11) is 1.40. The number of esters is 1. The largest absolute Gasteiger partial charge is 0.468 e. The van der Waals surface area contributed by atoms with Crippen molar-refractivity contribution in [3.05, 3.63) is 78.1 Å². The quantitative estimate of drug-likeness (QED) is 0.680. The lowest BCUT2D eigenvalue weighted by Crippen LogP contribution is -2.37. The molecule has 0 spiro atoms. The topological polar surface area (TPSA) is 71.5 Å². The van der Waals surface area contributed by atoms with Crippen molar-refractivity contribution in [2.45, 2.75) is 25.0 Å². The summed E-state index contributed by atoms with van der Waals surface area (Å²) in [6.45, 7) is 1.20. The Hall–Kier alpha value is -3.25. The van der Waals surface area contributed by atoms with E-state index < -0.39 is 0 Å². The summed E-state index contributed by atoms with van der Waals surface area (Å²) < 4.78 is 5.01. The second-order valence-corrected chi connectivity index (χ2v) is 7.30. The zero-order valence-corrected chi connectivity index (χ0v) is 16.2. The minimum Gasteiger partial charge on any atom is -0.468 e. The Morgan fingerprint density at radius 3 is 2.72 bits per heavy atom. The van der Waals surface area contributed by atoms with Crippen LogP contribution in [0.3, 0.4) is 0 Å². The van der Waals surface area contributed by atoms with E-state index in [1.807, 2.05) is 12.1 Å². The van der Waals surface area contributed by atoms with Gasteiger partial charge in [-0.05, 0) is 41.0 Å². The number of pyridine rings is 1. The minimum atomic E-state index is -0.384. The molecule has 0 bridgehead atoms. The number of nitrogens with zero attached hydrogens (tertiary/aromatic N) is 2. The molecular weight excluding hydrogens is 366 g/mol. The lowest BCUT2D eigenvalue weighted by Gasteiger charge is -2.22. The molecule has 0 unspecified atom stereocenters. The molecule has 6 nitrogen and oxygen atoms in total. The van der Waals surface area contributed by atoms with E-state index >= 15 is 0 Å². The van der Waals surface area contributed by atoms with Gasteiger partial charge in [-0.25, -0.2) is 0 Å². The number of benzene rings is 2. The van der Waals surface area contributed by atoms with Crippen molar-refractivity contribution in [2.24, 2.45) is 0 Å². The van der Waals surface area contributed by atoms with E-state index in [0.29, 0.717) is 25.1 Å². The monoisotopic (exact) mass is 389 g/mol. The van der Waals surface area contributed by atoms with Crippen LogP contribution in [-0.4, -0.2) is 47.5 Å². The molecule has 0 aliphatic carbocycles. The first-order valence-electron chi connectivity index (χ1n) is 9.64. The number of hydrogen-bond acceptors (Lipinski definition) is 5. The standard InChI is InChI=1S/C23H23N3O3/c1-29-23(28)21-12-20(25-22(27)19-7-4-10-24-13-19)15-26(21)14-16-8-9-17-5-2-3-6-18(17)11-16/h2-11,13,20-21H,12,14-15H2,1H3,(H,25,27)/t20-,21-/m0/s1. The van der Waals surface area contributed by atoms with Gasteiger partial charge in [0.1, 0.15) is 6.04 Å². The lowest BCUT2D eigenvalue weighted by atomic mass is 10.1. The number of ether oxygens (including phenoxy) is 1. The molecule has 2 atom stereocenters. The van der Waals surface area contributed by atoms with E-state index in [0.717, 1.165) is 5.56 Å². The van der Waals surface area contributed by atoms with Gasteiger partial charge in [-0.15, -0.1) is 0 Å². The number of rotatable bonds is 5. The van der Waals surface area contributed by atoms with Crippen molar-refractivity contribution < 1.29 is 14.3 Å². The van der Waals surface area contributed by atoms with Crippen LogP contribution in [-0.2, 0) is 16.1 Å². The molecule has 0 saturated carbocycles. The highest BCUT2D eigenvalue weighted by Gasteiger charge is 2.38. The predicted octanol–water partition coefficient (Wildman–Crippen LogP) is 2.78. The van der Waals surface area contributed by atoms with E-state index in [1.165, 1.54) is 24.1 Å². The average molecular weight is 389 g/mol. The predicted molar refractivity (Wildman–Crippen MR) is 110 cm³/mol. The number of nitrogens with one attached hydrogen (secondary N) is 1. The molecule has 4 rings (SSSR count). The summed E-state index contributed by atoms with van der Waals surface area (Å²) in [6.07, 6.45) is 3.69. The van der Waals surface area contributed by atoms with E-state index in [-0.39, 0.29) is 24.0 Å². The molecule has 29 heavy (non-hydrogen) atoms. The number of amides is 1. The van der Waals surface area contributed by atoms with Gasteiger partial charge in [0.2, 0.25) is 0 Å². The third-order valence-corrected chi connectivity index (χ3v) is 5.34. The highest BCUT2D eigenvalue weighted by Crippen LogP contribution is 2.24. The summed E-state index contributed by atoms with van der Waals surface area (Å²) in [5.41, 5.74) is 1.63. The number of fused-ring (bicyclic) bond motifs is 1. The number of aromatic nitrogens is 1. The molecular formula is C23H23N3O3. The molecule has 6 heteroatoms. The van der Waals surface area contributed by atoms with Crippen molar-refractivity contribution in [3.63, 3.8) is 0 Å². The zero-order chi connectivity index (χ0) is 20.2. The van der Waals surface area contributed by atoms with Crippen LogP contribution in [0.4, 0.5) is 0 Å². The first-order chi connectivity index (χ1) is 14.1. The smallest absolute Gasteiger partial charge is 0.323 e. The van der Waals surface area contributed by atoms with Gasteiger partial charge in [0.05, 0.1) is 12.7 Å². The van der Waals surface area contributed by atoms with Gasteiger partial charge in [0.25, 0.3) is 5.91 Å². The fourth-order valence-corrected chi connectivity index (χ4v) is 3.90. The van der Waals surface area contributed by atoms with Gasteiger partial charge in [-0.1, -0.05) is 36.4 Å². The number of likely N-dealkylation sites (tertiary alicyclic amines) is 1. The maximum atomic E-state index is 12.5. The zero-order valence-electron chi connectivity index (χ0n) is 16.2. The number of carbonyl (C=O) groups is 2. The summed E-state index contributed by atoms with van der Waals surface area (Å²) >= 11 is 0. The van der Waals surface area contributed by atoms with E-state index in [1.54, 1.807) is 18.3 Å². The molecule has 148 valence electrons. The Morgan fingerprint density at radius 2 is 1.97 bits per heavy atom. The maximum absolute atomic E-state index is 12.5. The van der Waals surface area contributed by atoms with Gasteiger partial charge in [-0.3, -0.25) is 19.5 Å². The molecule has 1 N–H and O–H groups in total. The fraction of sp³-hybridized carbons (Fsp3) is 0.261. The normalized spacial score (nSPS) is 19.2. The SMILES string of the molecule is COC(=O)[C@@H]1C[C@H](NC(=O)c2cccnc2)CN1Cc1ccc2ccccc2c1. The van der Waals surface area contributed by atoms with Gasteiger partial charge >= 0.3 is 5.97 Å². The van der Waals surface area contributed by atoms with E-state index in [2.05, 4.69) is 45.5 Å². The Kier molecular flexibility index (Phi) is 5.53. The summed E-state index contributed by atoms with van der Waals surface area (Å²) in [4.78, 5) is 30.9. The first-order valence-corrected chi connectivity index (χ1v) is 9.64. The summed E-state index contributed by atoms with van der Waals surface area (Å²) in [6, 6.07) is 17.5. The van der Waals surface area contributed by atoms with E-state index in [4.69, 9.17) is 4.74 Å². The molecule has 1 aliphatic heterocycles. The molecule has 1 fully saturated rings. The Bertz CT molecular complexity index is 1020. The highest BCUT2D eigenvalue weighted by atomic mass is 16.5. The molecule has 3 aromatic rings. The Labute approximate surface area is 169 Å². The maximum Gasteiger partial charge on any atom is 0.323 e. The van der Waals surface area contributed by atoms with Crippen LogP contribution >= 0.6 is 0 Å². The molecule has 1 aliphatic rings. The van der Waals surface area contributed by atoms with Crippen LogP contribution in [0.25, 0.3) is 10.8 Å². The van der Waals surface area contributed by atoms with Crippen molar-refractivity contribution >= 4 is 22.6 Å². The number of hydrogen-bond donors (Lipinski definition) is 1. The molecule has 0 radical (unpaired) electrons. The van der Waals surface area contributed by atoms with Crippen LogP contribution in [0.2, 0.25) is 0 Å². The van der Waals surface area contributed by atoms with Crippen molar-refractivity contribution in [3.8, 4) is 0 Å². The molecule has 1 aromatic heterocycles. The number of methoxy groups -OCH3 is 1. The fourth-order valence-electron chi connectivity index (χ4n) is 3.90. The third-order valence-electron chi connectivity index (χ3n) is 5.34. The van der Waals surface area contributed by atoms with Crippen molar-refractivity contribution in [2.75, 3.05) is 13.7 Å². The molecule has 2 aromatic carbocycles. The van der Waals surface area contributed by atoms with Crippen LogP contribution in [0, 0.1) is 0 Å². The van der Waals surface area contributed by atoms with E-state index in [9.17, 15) is 9.59 Å². The molecule has 1 amide bonds. The second-order valence-electron chi connectivity index (χ2n) is 7.30. The van der Waals surface area contributed by atoms with Crippen molar-refractivity contribution in [1.82, 2.24) is 15.2 Å². The first kappa shape index (κ1) is 19.1. The molecule has 1 saturated heterocycles. The molecule has 2 heterocycles. The van der Waals surface area contributed by atoms with Gasteiger partial charge in [-0.2, -0.15) is 0 Å². The van der Waals surface area contributed by atoms with Crippen LogP contribution in [0.15, 0.2) is 67.0 Å². The van der Waals surface area contributed by atoms with Crippen LogP contribution < -0.4 is 5.32 Å². The minimum absolute atomic E-state index is 0.132. The highest BCUT2D eigenvalue weighted by molar-refractivity contribution is 5.94. The third kappa shape index (κ3) is 4.27. The average Bonchev–Trinajstić information content (AvgIpc) is 3.15. The lowest BCUT2D eigenvalue weighted by molar-refractivity contribution is -0.146. The van der Waals surface area contributed by atoms with Gasteiger partial charge in [0, 0.05) is 31.5 Å². The second kappa shape index (κ2) is 8.41. The summed E-state index contributed by atoms with van der Waals surface area (Å²) in [5.74, 6) is -0.455. The van der Waals surface area contributed by atoms with Crippen LogP contribution in [0.1, 0.15) is 22.3 Å². The van der Waals surface area contributed by atoms with Crippen LogP contribution in [0.5, 0.6) is 0 Å². The Morgan fingerprint density at radius 1 is 1.14 bits per heavy atom. The van der Waals surface area contributed by atoms with Gasteiger partial charge in [0.15, 0.2) is 0 Å². The summed E-state index contributed by atoms with van der Waals surface area (Å²) in [5, 5.41) is 5.37. The van der Waals surface area contributed by atoms with Gasteiger partial charge < -0.3 is 10.1 Å². The number of carbonyl (C=O) groups excluding carboxylic acids is 2. The Balaban J connectivity index is 1.49. The van der Waals surface area contributed by atoms with Crippen molar-refractivity contribution in [1.29, 1.82) is 0 Å².